The van der Waals surface area contributed by atoms with E-state index in [2.05, 4.69) is 36.3 Å². The number of aromatic nitrogens is 1. The Bertz CT molecular complexity index is 553. The van der Waals surface area contributed by atoms with Gasteiger partial charge in [-0.1, -0.05) is 30.7 Å². The lowest BCUT2D eigenvalue weighted by atomic mass is 9.93. The van der Waals surface area contributed by atoms with E-state index in [0.29, 0.717) is 5.92 Å². The van der Waals surface area contributed by atoms with Gasteiger partial charge in [0.2, 0.25) is 0 Å². The normalized spacial score (nSPS) is 12.5. The highest BCUT2D eigenvalue weighted by Gasteiger charge is 2.13. The van der Waals surface area contributed by atoms with E-state index in [9.17, 15) is 0 Å². The molecule has 4 heteroatoms. The van der Waals surface area contributed by atoms with Crippen molar-refractivity contribution >= 4 is 22.9 Å². The number of thiazole rings is 1. The van der Waals surface area contributed by atoms with E-state index < -0.39 is 0 Å². The molecule has 21 heavy (non-hydrogen) atoms. The molecule has 0 spiro atoms. The van der Waals surface area contributed by atoms with E-state index in [1.54, 1.807) is 11.3 Å². The Morgan fingerprint density at radius 2 is 2.24 bits per heavy atom. The summed E-state index contributed by atoms with van der Waals surface area (Å²) in [4.78, 5) is 5.74. The van der Waals surface area contributed by atoms with Crippen LogP contribution in [0.25, 0.3) is 0 Å². The highest BCUT2D eigenvalue weighted by atomic mass is 35.5. The lowest BCUT2D eigenvalue weighted by molar-refractivity contribution is 0.549. The number of nitrogens with one attached hydrogen (secondary N) is 1. The molecule has 0 saturated heterocycles. The molecule has 2 nitrogen and oxygen atoms in total. The van der Waals surface area contributed by atoms with Crippen molar-refractivity contribution in [3.8, 4) is 0 Å². The van der Waals surface area contributed by atoms with Crippen molar-refractivity contribution in [2.75, 3.05) is 13.1 Å². The van der Waals surface area contributed by atoms with Crippen molar-refractivity contribution in [2.45, 2.75) is 39.0 Å². The Morgan fingerprint density at radius 1 is 1.38 bits per heavy atom. The first-order valence-electron chi connectivity index (χ1n) is 7.55. The zero-order chi connectivity index (χ0) is 15.1. The summed E-state index contributed by atoms with van der Waals surface area (Å²) in [7, 11) is 0. The van der Waals surface area contributed by atoms with Crippen LogP contribution in [0.1, 0.15) is 41.8 Å². The van der Waals surface area contributed by atoms with Gasteiger partial charge in [-0.3, -0.25) is 0 Å². The second-order valence-corrected chi connectivity index (χ2v) is 6.73. The fraction of sp³-hybridized carbons (Fsp3) is 0.471. The van der Waals surface area contributed by atoms with E-state index in [-0.39, 0.29) is 0 Å². The van der Waals surface area contributed by atoms with Crippen molar-refractivity contribution in [3.63, 3.8) is 0 Å². The van der Waals surface area contributed by atoms with Crippen LogP contribution in [0.3, 0.4) is 0 Å². The third-order valence-electron chi connectivity index (χ3n) is 3.70. The van der Waals surface area contributed by atoms with Crippen LogP contribution in [0, 0.1) is 6.92 Å². The van der Waals surface area contributed by atoms with Crippen molar-refractivity contribution in [3.05, 3.63) is 50.9 Å². The molecule has 0 saturated carbocycles. The lowest BCUT2D eigenvalue weighted by Crippen LogP contribution is -2.22. The SMILES string of the molecule is CCCNCC(CCc1scnc1C)c1cccc(Cl)c1. The summed E-state index contributed by atoms with van der Waals surface area (Å²) in [5.41, 5.74) is 4.44. The maximum atomic E-state index is 6.15. The van der Waals surface area contributed by atoms with Crippen LogP contribution >= 0.6 is 22.9 Å². The topological polar surface area (TPSA) is 24.9 Å². The molecular formula is C17H23ClN2S. The van der Waals surface area contributed by atoms with Crippen molar-refractivity contribution in [2.24, 2.45) is 0 Å². The number of benzene rings is 1. The van der Waals surface area contributed by atoms with Gasteiger partial charge in [0, 0.05) is 16.4 Å². The van der Waals surface area contributed by atoms with Gasteiger partial charge in [-0.05, 0) is 56.3 Å². The molecule has 0 radical (unpaired) electrons. The van der Waals surface area contributed by atoms with Gasteiger partial charge in [-0.2, -0.15) is 0 Å². The Morgan fingerprint density at radius 3 is 2.90 bits per heavy atom. The number of halogens is 1. The first-order chi connectivity index (χ1) is 10.2. The molecule has 2 aromatic rings. The highest BCUT2D eigenvalue weighted by Crippen LogP contribution is 2.25. The summed E-state index contributed by atoms with van der Waals surface area (Å²) in [6, 6.07) is 8.26. The Balaban J connectivity index is 2.03. The van der Waals surface area contributed by atoms with E-state index in [0.717, 1.165) is 37.4 Å². The smallest absolute Gasteiger partial charge is 0.0797 e. The van der Waals surface area contributed by atoms with E-state index in [1.165, 1.54) is 16.1 Å². The third-order valence-corrected chi connectivity index (χ3v) is 4.93. The molecule has 0 aliphatic heterocycles. The predicted molar refractivity (Wildman–Crippen MR) is 92.5 cm³/mol. The molecule has 1 aromatic heterocycles. The Labute approximate surface area is 136 Å². The molecular weight excluding hydrogens is 300 g/mol. The standard InChI is InChI=1S/C17H23ClN2S/c1-3-9-19-11-15(14-5-4-6-16(18)10-14)7-8-17-13(2)20-12-21-17/h4-6,10,12,15,19H,3,7-9,11H2,1-2H3. The summed E-state index contributed by atoms with van der Waals surface area (Å²) in [6.07, 6.45) is 3.37. The van der Waals surface area contributed by atoms with Gasteiger partial charge in [0.25, 0.3) is 0 Å². The summed E-state index contributed by atoms with van der Waals surface area (Å²) in [5.74, 6) is 0.497. The molecule has 1 N–H and O–H groups in total. The second kappa shape index (κ2) is 8.52. The minimum absolute atomic E-state index is 0.497. The van der Waals surface area contributed by atoms with Gasteiger partial charge in [-0.25, -0.2) is 4.98 Å². The van der Waals surface area contributed by atoms with Gasteiger partial charge in [0.1, 0.15) is 0 Å². The first-order valence-corrected chi connectivity index (χ1v) is 8.81. The molecule has 0 bridgehead atoms. The largest absolute Gasteiger partial charge is 0.316 e. The quantitative estimate of drug-likeness (QED) is 0.705. The van der Waals surface area contributed by atoms with Crippen LogP contribution in [0.15, 0.2) is 29.8 Å². The summed E-state index contributed by atoms with van der Waals surface area (Å²) >= 11 is 7.91. The van der Waals surface area contributed by atoms with Crippen molar-refractivity contribution in [1.29, 1.82) is 0 Å². The molecule has 0 aliphatic rings. The summed E-state index contributed by atoms with van der Waals surface area (Å²) < 4.78 is 0. The molecule has 0 aliphatic carbocycles. The van der Waals surface area contributed by atoms with Gasteiger partial charge < -0.3 is 5.32 Å². The fourth-order valence-electron chi connectivity index (χ4n) is 2.47. The fourth-order valence-corrected chi connectivity index (χ4v) is 3.47. The van der Waals surface area contributed by atoms with Crippen LogP contribution in [0.5, 0.6) is 0 Å². The number of hydrogen-bond donors (Lipinski definition) is 1. The van der Waals surface area contributed by atoms with Crippen LogP contribution in [0.4, 0.5) is 0 Å². The zero-order valence-corrected chi connectivity index (χ0v) is 14.3. The van der Waals surface area contributed by atoms with Gasteiger partial charge >= 0.3 is 0 Å². The summed E-state index contributed by atoms with van der Waals surface area (Å²) in [5, 5.41) is 4.36. The molecule has 0 fully saturated rings. The molecule has 1 unspecified atom stereocenters. The molecule has 1 aromatic carbocycles. The van der Waals surface area contributed by atoms with Gasteiger partial charge in [0.05, 0.1) is 11.2 Å². The highest BCUT2D eigenvalue weighted by molar-refractivity contribution is 7.09. The van der Waals surface area contributed by atoms with Crippen LogP contribution in [-0.4, -0.2) is 18.1 Å². The Hall–Kier alpha value is -0.900. The van der Waals surface area contributed by atoms with E-state index >= 15 is 0 Å². The minimum atomic E-state index is 0.497. The van der Waals surface area contributed by atoms with E-state index in [4.69, 9.17) is 11.6 Å². The van der Waals surface area contributed by atoms with Crippen molar-refractivity contribution in [1.82, 2.24) is 10.3 Å². The van der Waals surface area contributed by atoms with Gasteiger partial charge in [-0.15, -0.1) is 11.3 Å². The maximum Gasteiger partial charge on any atom is 0.0797 e. The monoisotopic (exact) mass is 322 g/mol. The minimum Gasteiger partial charge on any atom is -0.316 e. The van der Waals surface area contributed by atoms with Crippen LogP contribution in [-0.2, 0) is 6.42 Å². The molecule has 114 valence electrons. The van der Waals surface area contributed by atoms with E-state index in [1.807, 2.05) is 17.6 Å². The predicted octanol–water partition coefficient (Wildman–Crippen LogP) is 4.82. The maximum absolute atomic E-state index is 6.15. The molecule has 1 heterocycles. The average Bonchev–Trinajstić information content (AvgIpc) is 2.88. The lowest BCUT2D eigenvalue weighted by Gasteiger charge is -2.18. The average molecular weight is 323 g/mol. The molecule has 0 amide bonds. The Kier molecular flexibility index (Phi) is 6.68. The van der Waals surface area contributed by atoms with Gasteiger partial charge in [0.15, 0.2) is 0 Å². The van der Waals surface area contributed by atoms with Crippen LogP contribution < -0.4 is 5.32 Å². The number of aryl methyl sites for hydroxylation is 2. The number of nitrogens with zero attached hydrogens (tertiary/aromatic N) is 1. The molecule has 1 atom stereocenters. The zero-order valence-electron chi connectivity index (χ0n) is 12.7. The van der Waals surface area contributed by atoms with Crippen molar-refractivity contribution < 1.29 is 0 Å². The second-order valence-electron chi connectivity index (χ2n) is 5.36. The first kappa shape index (κ1) is 16.5. The number of hydrogen-bond acceptors (Lipinski definition) is 3. The molecule has 2 rings (SSSR count). The number of rotatable bonds is 8. The summed E-state index contributed by atoms with van der Waals surface area (Å²) in [6.45, 7) is 6.36. The van der Waals surface area contributed by atoms with Crippen LogP contribution in [0.2, 0.25) is 5.02 Å². The third kappa shape index (κ3) is 5.10.